The van der Waals surface area contributed by atoms with E-state index in [0.29, 0.717) is 12.3 Å². The molecule has 1 fully saturated rings. The standard InChI is InChI=1S/C17H25FO2/c1-12-10-15(18)9-8-14(12)11-16(19)17(20-2)13-6-4-3-5-7-13/h8-10,13,16-17,19H,3-7,11H2,1-2H3. The molecule has 0 radical (unpaired) electrons. The van der Waals surface area contributed by atoms with Crippen LogP contribution >= 0.6 is 0 Å². The van der Waals surface area contributed by atoms with Gasteiger partial charge in [-0.3, -0.25) is 0 Å². The third-order valence-electron chi connectivity index (χ3n) is 4.50. The third-order valence-corrected chi connectivity index (χ3v) is 4.50. The Hall–Kier alpha value is -0.930. The SMILES string of the molecule is COC(C(O)Cc1ccc(F)cc1C)C1CCCCC1. The monoisotopic (exact) mass is 280 g/mol. The summed E-state index contributed by atoms with van der Waals surface area (Å²) in [5, 5.41) is 10.5. The Morgan fingerprint density at radius 2 is 2.00 bits per heavy atom. The zero-order valence-electron chi connectivity index (χ0n) is 12.4. The maximum Gasteiger partial charge on any atom is 0.123 e. The highest BCUT2D eigenvalue weighted by molar-refractivity contribution is 5.27. The van der Waals surface area contributed by atoms with E-state index >= 15 is 0 Å². The topological polar surface area (TPSA) is 29.5 Å². The van der Waals surface area contributed by atoms with Crippen molar-refractivity contribution in [1.29, 1.82) is 0 Å². The van der Waals surface area contributed by atoms with Crippen LogP contribution < -0.4 is 0 Å². The molecule has 2 atom stereocenters. The molecule has 0 spiro atoms. The van der Waals surface area contributed by atoms with E-state index in [0.717, 1.165) is 24.0 Å². The molecule has 1 aromatic rings. The lowest BCUT2D eigenvalue weighted by Crippen LogP contribution is -2.37. The normalized spacial score (nSPS) is 19.8. The molecular formula is C17H25FO2. The molecule has 2 rings (SSSR count). The molecule has 1 aliphatic carbocycles. The summed E-state index contributed by atoms with van der Waals surface area (Å²) in [6, 6.07) is 4.74. The highest BCUT2D eigenvalue weighted by Crippen LogP contribution is 2.30. The van der Waals surface area contributed by atoms with Crippen LogP contribution in [0.5, 0.6) is 0 Å². The van der Waals surface area contributed by atoms with Crippen LogP contribution in [0.3, 0.4) is 0 Å². The molecule has 0 bridgehead atoms. The first-order valence-corrected chi connectivity index (χ1v) is 7.57. The number of benzene rings is 1. The van der Waals surface area contributed by atoms with Gasteiger partial charge in [0.1, 0.15) is 5.82 Å². The molecule has 2 nitrogen and oxygen atoms in total. The number of aliphatic hydroxyl groups is 1. The van der Waals surface area contributed by atoms with E-state index in [1.165, 1.54) is 31.4 Å². The Morgan fingerprint density at radius 3 is 2.60 bits per heavy atom. The number of aliphatic hydroxyl groups excluding tert-OH is 1. The summed E-state index contributed by atoms with van der Waals surface area (Å²) < 4.78 is 18.7. The van der Waals surface area contributed by atoms with Gasteiger partial charge in [-0.1, -0.05) is 25.3 Å². The van der Waals surface area contributed by atoms with E-state index in [9.17, 15) is 9.50 Å². The van der Waals surface area contributed by atoms with Gasteiger partial charge in [0.05, 0.1) is 12.2 Å². The molecule has 0 amide bonds. The van der Waals surface area contributed by atoms with Gasteiger partial charge >= 0.3 is 0 Å². The van der Waals surface area contributed by atoms with E-state index in [1.54, 1.807) is 13.2 Å². The van der Waals surface area contributed by atoms with Crippen molar-refractivity contribution in [2.75, 3.05) is 7.11 Å². The third kappa shape index (κ3) is 3.80. The summed E-state index contributed by atoms with van der Waals surface area (Å²) in [7, 11) is 1.68. The number of ether oxygens (including phenoxy) is 1. The van der Waals surface area contributed by atoms with E-state index in [4.69, 9.17) is 4.74 Å². The zero-order chi connectivity index (χ0) is 14.5. The highest BCUT2D eigenvalue weighted by Gasteiger charge is 2.29. The Kier molecular flexibility index (Phi) is 5.55. The summed E-state index contributed by atoms with van der Waals surface area (Å²) in [6.45, 7) is 1.88. The number of hydrogen-bond acceptors (Lipinski definition) is 2. The molecule has 1 aliphatic rings. The van der Waals surface area contributed by atoms with Gasteiger partial charge in [-0.25, -0.2) is 4.39 Å². The highest BCUT2D eigenvalue weighted by atomic mass is 19.1. The number of rotatable bonds is 5. The molecular weight excluding hydrogens is 255 g/mol. The molecule has 20 heavy (non-hydrogen) atoms. The second kappa shape index (κ2) is 7.19. The van der Waals surface area contributed by atoms with Gasteiger partial charge in [0.15, 0.2) is 0 Å². The molecule has 1 saturated carbocycles. The van der Waals surface area contributed by atoms with E-state index < -0.39 is 6.10 Å². The first-order valence-electron chi connectivity index (χ1n) is 7.57. The van der Waals surface area contributed by atoms with Crippen LogP contribution in [0.15, 0.2) is 18.2 Å². The van der Waals surface area contributed by atoms with Gasteiger partial charge in [0.25, 0.3) is 0 Å². The Morgan fingerprint density at radius 1 is 1.30 bits per heavy atom. The number of hydrogen-bond donors (Lipinski definition) is 1. The molecule has 0 aromatic heterocycles. The Bertz CT molecular complexity index is 427. The minimum absolute atomic E-state index is 0.111. The molecule has 3 heteroatoms. The molecule has 112 valence electrons. The van der Waals surface area contributed by atoms with Gasteiger partial charge in [0.2, 0.25) is 0 Å². The fourth-order valence-corrected chi connectivity index (χ4v) is 3.36. The van der Waals surface area contributed by atoms with Gasteiger partial charge in [-0.15, -0.1) is 0 Å². The van der Waals surface area contributed by atoms with E-state index in [-0.39, 0.29) is 11.9 Å². The maximum absolute atomic E-state index is 13.1. The van der Waals surface area contributed by atoms with Crippen molar-refractivity contribution in [1.82, 2.24) is 0 Å². The van der Waals surface area contributed by atoms with Crippen LogP contribution in [-0.4, -0.2) is 24.4 Å². The van der Waals surface area contributed by atoms with Gasteiger partial charge in [0, 0.05) is 13.5 Å². The Labute approximate surface area is 121 Å². The van der Waals surface area contributed by atoms with Gasteiger partial charge in [-0.2, -0.15) is 0 Å². The van der Waals surface area contributed by atoms with Crippen molar-refractivity contribution in [2.24, 2.45) is 5.92 Å². The van der Waals surface area contributed by atoms with Crippen molar-refractivity contribution in [3.8, 4) is 0 Å². The second-order valence-electron chi connectivity index (χ2n) is 5.94. The van der Waals surface area contributed by atoms with Crippen LogP contribution in [0.2, 0.25) is 0 Å². The minimum atomic E-state index is -0.521. The van der Waals surface area contributed by atoms with Crippen molar-refractivity contribution >= 4 is 0 Å². The lowest BCUT2D eigenvalue weighted by Gasteiger charge is -2.32. The first kappa shape index (κ1) is 15.5. The summed E-state index contributed by atoms with van der Waals surface area (Å²) in [5.74, 6) is 0.223. The predicted molar refractivity (Wildman–Crippen MR) is 78.2 cm³/mol. The minimum Gasteiger partial charge on any atom is -0.390 e. The summed E-state index contributed by atoms with van der Waals surface area (Å²) in [4.78, 5) is 0. The average molecular weight is 280 g/mol. The molecule has 0 heterocycles. The first-order chi connectivity index (χ1) is 9.61. The Balaban J connectivity index is 2.02. The van der Waals surface area contributed by atoms with Crippen LogP contribution in [-0.2, 0) is 11.2 Å². The molecule has 0 saturated heterocycles. The lowest BCUT2D eigenvalue weighted by atomic mass is 9.82. The fraction of sp³-hybridized carbons (Fsp3) is 0.647. The summed E-state index contributed by atoms with van der Waals surface area (Å²) in [5.41, 5.74) is 1.89. The maximum atomic E-state index is 13.1. The number of methoxy groups -OCH3 is 1. The molecule has 0 aliphatic heterocycles. The van der Waals surface area contributed by atoms with Crippen LogP contribution in [0, 0.1) is 18.7 Å². The zero-order valence-corrected chi connectivity index (χ0v) is 12.4. The van der Waals surface area contributed by atoms with Crippen molar-refractivity contribution < 1.29 is 14.2 Å². The van der Waals surface area contributed by atoms with Crippen LogP contribution in [0.4, 0.5) is 4.39 Å². The van der Waals surface area contributed by atoms with Crippen molar-refractivity contribution in [2.45, 2.75) is 57.7 Å². The number of aryl methyl sites for hydroxylation is 1. The van der Waals surface area contributed by atoms with E-state index in [2.05, 4.69) is 0 Å². The second-order valence-corrected chi connectivity index (χ2v) is 5.94. The predicted octanol–water partition coefficient (Wildman–Crippen LogP) is 3.63. The van der Waals surface area contributed by atoms with Crippen molar-refractivity contribution in [3.63, 3.8) is 0 Å². The number of halogens is 1. The average Bonchev–Trinajstić information content (AvgIpc) is 2.44. The van der Waals surface area contributed by atoms with Gasteiger partial charge < -0.3 is 9.84 Å². The quantitative estimate of drug-likeness (QED) is 0.892. The smallest absolute Gasteiger partial charge is 0.123 e. The van der Waals surface area contributed by atoms with Gasteiger partial charge in [-0.05, 0) is 48.9 Å². The summed E-state index contributed by atoms with van der Waals surface area (Å²) in [6.07, 6.45) is 5.92. The van der Waals surface area contributed by atoms with Crippen LogP contribution in [0.25, 0.3) is 0 Å². The van der Waals surface area contributed by atoms with Crippen molar-refractivity contribution in [3.05, 3.63) is 35.1 Å². The fourth-order valence-electron chi connectivity index (χ4n) is 3.36. The molecule has 1 aromatic carbocycles. The van der Waals surface area contributed by atoms with E-state index in [1.807, 2.05) is 6.92 Å². The molecule has 1 N–H and O–H groups in total. The van der Waals surface area contributed by atoms with Crippen LogP contribution in [0.1, 0.15) is 43.2 Å². The largest absolute Gasteiger partial charge is 0.390 e. The molecule has 2 unspecified atom stereocenters. The summed E-state index contributed by atoms with van der Waals surface area (Å²) >= 11 is 0. The lowest BCUT2D eigenvalue weighted by molar-refractivity contribution is -0.0536.